The topological polar surface area (TPSA) is 49.7 Å². The normalized spacial score (nSPS) is 29.3. The van der Waals surface area contributed by atoms with Gasteiger partial charge in [-0.05, 0) is 6.42 Å². The summed E-state index contributed by atoms with van der Waals surface area (Å²) in [5, 5.41) is 17.3. The smallest absolute Gasteiger partial charge is 0.0795 e. The van der Waals surface area contributed by atoms with Gasteiger partial charge >= 0.3 is 0 Å². The van der Waals surface area contributed by atoms with Crippen LogP contribution < -0.4 is 0 Å². The maximum absolute atomic E-state index is 8.86. The summed E-state index contributed by atoms with van der Waals surface area (Å²) < 4.78 is 5.03. The van der Waals surface area contributed by atoms with Crippen LogP contribution in [0, 0.1) is 0 Å². The number of aliphatic hydroxyl groups is 2. The van der Waals surface area contributed by atoms with Crippen molar-refractivity contribution in [2.75, 3.05) is 13.2 Å². The predicted octanol–water partition coefficient (Wildman–Crippen LogP) is -0.481. The molecule has 0 aromatic heterocycles. The van der Waals surface area contributed by atoms with Gasteiger partial charge in [0.25, 0.3) is 0 Å². The minimum Gasteiger partial charge on any atom is -0.394 e. The first kappa shape index (κ1) is 6.99. The molecule has 9 heavy (non-hydrogen) atoms. The van der Waals surface area contributed by atoms with Crippen molar-refractivity contribution in [3.05, 3.63) is 0 Å². The van der Waals surface area contributed by atoms with Crippen molar-refractivity contribution in [1.29, 1.82) is 0 Å². The van der Waals surface area contributed by atoms with Crippen LogP contribution in [-0.4, -0.2) is 35.6 Å². The van der Waals surface area contributed by atoms with Crippen molar-refractivity contribution < 1.29 is 14.9 Å². The monoisotopic (exact) mass is 132 g/mol. The van der Waals surface area contributed by atoms with Gasteiger partial charge in [0.1, 0.15) is 0 Å². The predicted molar refractivity (Wildman–Crippen MR) is 32.1 cm³/mol. The van der Waals surface area contributed by atoms with Gasteiger partial charge in [-0.15, -0.1) is 0 Å². The molecule has 0 aromatic carbocycles. The summed E-state index contributed by atoms with van der Waals surface area (Å²) in [5.41, 5.74) is 0. The number of hydrogen-bond donors (Lipinski definition) is 2. The number of ether oxygens (including phenoxy) is 1. The maximum atomic E-state index is 8.86. The van der Waals surface area contributed by atoms with E-state index in [2.05, 4.69) is 0 Å². The van der Waals surface area contributed by atoms with Gasteiger partial charge in [0, 0.05) is 13.0 Å². The number of aliphatic hydroxyl groups excluding tert-OH is 2. The van der Waals surface area contributed by atoms with Crippen LogP contribution >= 0.6 is 0 Å². The second kappa shape index (κ2) is 3.15. The van der Waals surface area contributed by atoms with Crippen LogP contribution in [0.15, 0.2) is 0 Å². The fraction of sp³-hybridized carbons (Fsp3) is 1.00. The fourth-order valence-electron chi connectivity index (χ4n) is 0.848. The third-order valence-electron chi connectivity index (χ3n) is 1.54. The molecule has 3 nitrogen and oxygen atoms in total. The molecule has 54 valence electrons. The molecule has 1 aliphatic rings. The molecule has 0 bridgehead atoms. The average molecular weight is 132 g/mol. The molecule has 1 aliphatic heterocycles. The highest BCUT2D eigenvalue weighted by Gasteiger charge is 2.20. The molecule has 1 fully saturated rings. The van der Waals surface area contributed by atoms with Gasteiger partial charge in [-0.2, -0.15) is 0 Å². The summed E-state index contributed by atoms with van der Waals surface area (Å²) >= 11 is 0. The quantitative estimate of drug-likeness (QED) is 0.545. The molecule has 0 saturated carbocycles. The summed E-state index contributed by atoms with van der Waals surface area (Å²) in [5.74, 6) is 0. The lowest BCUT2D eigenvalue weighted by Gasteiger charge is -2.27. The Bertz CT molecular complexity index is 77.6. The first-order valence-corrected chi connectivity index (χ1v) is 3.23. The van der Waals surface area contributed by atoms with Crippen LogP contribution in [0.25, 0.3) is 0 Å². The molecular formula is C6H12O3. The zero-order chi connectivity index (χ0) is 6.69. The standard InChI is InChI=1S/C6H12O3/c7-4-5(8)3-6-1-2-9-6/h5-8H,1-4H2. The molecule has 0 spiro atoms. The second-order valence-electron chi connectivity index (χ2n) is 2.35. The van der Waals surface area contributed by atoms with Gasteiger partial charge < -0.3 is 14.9 Å². The number of hydrogen-bond acceptors (Lipinski definition) is 3. The minimum absolute atomic E-state index is 0.153. The van der Waals surface area contributed by atoms with Crippen molar-refractivity contribution in [3.63, 3.8) is 0 Å². The Labute approximate surface area is 54.3 Å². The van der Waals surface area contributed by atoms with Crippen molar-refractivity contribution in [1.82, 2.24) is 0 Å². The van der Waals surface area contributed by atoms with Crippen molar-refractivity contribution in [2.24, 2.45) is 0 Å². The largest absolute Gasteiger partial charge is 0.394 e. The fourth-order valence-corrected chi connectivity index (χ4v) is 0.848. The van der Waals surface area contributed by atoms with Gasteiger partial charge in [0.05, 0.1) is 18.8 Å². The van der Waals surface area contributed by atoms with Crippen LogP contribution in [0.2, 0.25) is 0 Å². The van der Waals surface area contributed by atoms with E-state index in [4.69, 9.17) is 14.9 Å². The van der Waals surface area contributed by atoms with E-state index < -0.39 is 6.10 Å². The molecule has 1 rings (SSSR count). The van der Waals surface area contributed by atoms with Crippen molar-refractivity contribution in [2.45, 2.75) is 25.0 Å². The zero-order valence-electron chi connectivity index (χ0n) is 5.29. The SMILES string of the molecule is OCC(O)CC1CCO1. The van der Waals surface area contributed by atoms with E-state index in [9.17, 15) is 0 Å². The first-order valence-electron chi connectivity index (χ1n) is 3.23. The molecule has 1 saturated heterocycles. The molecule has 1 heterocycles. The Kier molecular flexibility index (Phi) is 2.45. The Morgan fingerprint density at radius 2 is 2.33 bits per heavy atom. The van der Waals surface area contributed by atoms with Crippen LogP contribution in [0.1, 0.15) is 12.8 Å². The number of rotatable bonds is 3. The van der Waals surface area contributed by atoms with Crippen LogP contribution in [0.4, 0.5) is 0 Å². The molecule has 3 heteroatoms. The van der Waals surface area contributed by atoms with Crippen LogP contribution in [0.3, 0.4) is 0 Å². The summed E-state index contributed by atoms with van der Waals surface area (Å²) in [6.45, 7) is 0.655. The van der Waals surface area contributed by atoms with E-state index in [1.165, 1.54) is 0 Å². The van der Waals surface area contributed by atoms with Crippen LogP contribution in [0.5, 0.6) is 0 Å². The second-order valence-corrected chi connectivity index (χ2v) is 2.35. The van der Waals surface area contributed by atoms with Gasteiger partial charge in [-0.25, -0.2) is 0 Å². The Morgan fingerprint density at radius 1 is 1.67 bits per heavy atom. The van der Waals surface area contributed by atoms with Gasteiger partial charge in [-0.1, -0.05) is 0 Å². The molecule has 2 unspecified atom stereocenters. The summed E-state index contributed by atoms with van der Waals surface area (Å²) in [6.07, 6.45) is 1.22. The minimum atomic E-state index is -0.588. The lowest BCUT2D eigenvalue weighted by atomic mass is 10.1. The Balaban J connectivity index is 2.01. The molecule has 0 aromatic rings. The van der Waals surface area contributed by atoms with Gasteiger partial charge in [-0.3, -0.25) is 0 Å². The van der Waals surface area contributed by atoms with E-state index in [1.54, 1.807) is 0 Å². The van der Waals surface area contributed by atoms with Crippen LogP contribution in [-0.2, 0) is 4.74 Å². The average Bonchev–Trinajstić information content (AvgIpc) is 1.78. The lowest BCUT2D eigenvalue weighted by molar-refractivity contribution is -0.0792. The van der Waals surface area contributed by atoms with Gasteiger partial charge in [0.2, 0.25) is 0 Å². The first-order chi connectivity index (χ1) is 4.33. The highest BCUT2D eigenvalue weighted by Crippen LogP contribution is 2.15. The van der Waals surface area contributed by atoms with Gasteiger partial charge in [0.15, 0.2) is 0 Å². The molecular weight excluding hydrogens is 120 g/mol. The third kappa shape index (κ3) is 1.93. The van der Waals surface area contributed by atoms with E-state index in [-0.39, 0.29) is 12.7 Å². The molecule has 0 aliphatic carbocycles. The summed E-state index contributed by atoms with van der Waals surface area (Å²) in [7, 11) is 0. The third-order valence-corrected chi connectivity index (χ3v) is 1.54. The summed E-state index contributed by atoms with van der Waals surface area (Å²) in [4.78, 5) is 0. The highest BCUT2D eigenvalue weighted by atomic mass is 16.5. The Hall–Kier alpha value is -0.120. The van der Waals surface area contributed by atoms with E-state index in [1.807, 2.05) is 0 Å². The van der Waals surface area contributed by atoms with E-state index in [0.29, 0.717) is 6.42 Å². The molecule has 0 amide bonds. The van der Waals surface area contributed by atoms with Crippen molar-refractivity contribution >= 4 is 0 Å². The Morgan fingerprint density at radius 3 is 2.67 bits per heavy atom. The lowest BCUT2D eigenvalue weighted by Crippen LogP contribution is -2.31. The molecule has 2 N–H and O–H groups in total. The van der Waals surface area contributed by atoms with E-state index >= 15 is 0 Å². The molecule has 2 atom stereocenters. The summed E-state index contributed by atoms with van der Waals surface area (Å²) in [6, 6.07) is 0. The maximum Gasteiger partial charge on any atom is 0.0795 e. The highest BCUT2D eigenvalue weighted by molar-refractivity contribution is 4.70. The zero-order valence-corrected chi connectivity index (χ0v) is 5.29. The van der Waals surface area contributed by atoms with E-state index in [0.717, 1.165) is 13.0 Å². The molecule has 0 radical (unpaired) electrons. The van der Waals surface area contributed by atoms with Crippen molar-refractivity contribution in [3.8, 4) is 0 Å².